The molecule has 3 rings (SSSR count). The van der Waals surface area contributed by atoms with Gasteiger partial charge in [-0.3, -0.25) is 4.79 Å². The number of rotatable bonds is 2. The number of anilines is 1. The van der Waals surface area contributed by atoms with E-state index in [2.05, 4.69) is 65.2 Å². The minimum absolute atomic E-state index is 0.0820. The van der Waals surface area contributed by atoms with E-state index >= 15 is 0 Å². The van der Waals surface area contributed by atoms with Gasteiger partial charge in [-0.05, 0) is 31.4 Å². The molecule has 0 bridgehead atoms. The van der Waals surface area contributed by atoms with Gasteiger partial charge in [-0.25, -0.2) is 0 Å². The Hall–Kier alpha value is -1.73. The average molecular weight is 341 g/mol. The highest BCUT2D eigenvalue weighted by Crippen LogP contribution is 2.32. The molecule has 128 valence electrons. The van der Waals surface area contributed by atoms with Crippen LogP contribution in [0.4, 0.5) is 5.69 Å². The van der Waals surface area contributed by atoms with Crippen LogP contribution >= 0.6 is 0 Å². The summed E-state index contributed by atoms with van der Waals surface area (Å²) in [5.74, 6) is 4.08. The number of amides is 1. The first-order valence-corrected chi connectivity index (χ1v) is 12.6. The van der Waals surface area contributed by atoms with Crippen LogP contribution in [-0.4, -0.2) is 44.6 Å². The van der Waals surface area contributed by atoms with Gasteiger partial charge < -0.3 is 9.80 Å². The number of nitrogens with zero attached hydrogens (tertiary/aromatic N) is 2. The van der Waals surface area contributed by atoms with Crippen molar-refractivity contribution < 1.29 is 4.79 Å². The Morgan fingerprint density at radius 2 is 1.75 bits per heavy atom. The summed E-state index contributed by atoms with van der Waals surface area (Å²) in [7, 11) is -1.43. The quantitative estimate of drug-likeness (QED) is 0.609. The van der Waals surface area contributed by atoms with Crippen molar-refractivity contribution in [2.45, 2.75) is 44.9 Å². The topological polar surface area (TPSA) is 23.6 Å². The van der Waals surface area contributed by atoms with Gasteiger partial charge in [0.15, 0.2) is 0 Å². The Morgan fingerprint density at radius 1 is 1.04 bits per heavy atom. The molecule has 1 aromatic carbocycles. The van der Waals surface area contributed by atoms with Crippen LogP contribution in [0.25, 0.3) is 0 Å². The van der Waals surface area contributed by atoms with Crippen molar-refractivity contribution in [3.8, 4) is 11.5 Å². The Labute approximate surface area is 147 Å². The number of benzene rings is 1. The van der Waals surface area contributed by atoms with E-state index in [-0.39, 0.29) is 12.0 Å². The van der Waals surface area contributed by atoms with Gasteiger partial charge in [-0.15, -0.1) is 5.54 Å². The summed E-state index contributed by atoms with van der Waals surface area (Å²) >= 11 is 0. The summed E-state index contributed by atoms with van der Waals surface area (Å²) in [6.07, 6.45) is 3.06. The first kappa shape index (κ1) is 17.1. The second kappa shape index (κ2) is 7.02. The predicted octanol–water partition coefficient (Wildman–Crippen LogP) is 3.38. The molecule has 1 aromatic rings. The molecule has 0 radical (unpaired) electrons. The van der Waals surface area contributed by atoms with Crippen molar-refractivity contribution in [1.29, 1.82) is 0 Å². The van der Waals surface area contributed by atoms with Gasteiger partial charge in [-0.1, -0.05) is 43.8 Å². The number of carbonyl (C=O) groups excluding carboxylic acids is 1. The lowest BCUT2D eigenvalue weighted by atomic mass is 10.1. The zero-order chi connectivity index (χ0) is 17.2. The molecular weight excluding hydrogens is 312 g/mol. The lowest BCUT2D eigenvalue weighted by Gasteiger charge is -2.26. The maximum Gasteiger partial charge on any atom is 0.226 e. The molecule has 1 saturated carbocycles. The van der Waals surface area contributed by atoms with Crippen LogP contribution in [0.1, 0.15) is 19.3 Å². The summed E-state index contributed by atoms with van der Waals surface area (Å²) in [6, 6.07) is 10.6. The molecule has 1 aliphatic heterocycles. The molecule has 4 heteroatoms. The predicted molar refractivity (Wildman–Crippen MR) is 103 cm³/mol. The third-order valence-corrected chi connectivity index (χ3v) is 5.50. The van der Waals surface area contributed by atoms with E-state index < -0.39 is 8.07 Å². The smallest absolute Gasteiger partial charge is 0.226 e. The molecule has 1 amide bonds. The molecule has 24 heavy (non-hydrogen) atoms. The van der Waals surface area contributed by atoms with Crippen LogP contribution in [-0.2, 0) is 4.79 Å². The first-order valence-electron chi connectivity index (χ1n) is 9.07. The SMILES string of the molecule is C[Si](C)(C)C#CC1CCN(c2ccccc2)CCN1C(=O)C1CC1. The molecule has 1 atom stereocenters. The van der Waals surface area contributed by atoms with Crippen LogP contribution in [0.5, 0.6) is 0 Å². The zero-order valence-corrected chi connectivity index (χ0v) is 16.1. The minimum Gasteiger partial charge on any atom is -0.370 e. The lowest BCUT2D eigenvalue weighted by Crippen LogP contribution is -2.42. The minimum atomic E-state index is -1.43. The highest BCUT2D eigenvalue weighted by molar-refractivity contribution is 6.83. The van der Waals surface area contributed by atoms with Crippen molar-refractivity contribution in [2.75, 3.05) is 24.5 Å². The Kier molecular flexibility index (Phi) is 5.00. The number of para-hydroxylation sites is 1. The van der Waals surface area contributed by atoms with Gasteiger partial charge in [0.25, 0.3) is 0 Å². The number of hydrogen-bond acceptors (Lipinski definition) is 2. The maximum absolute atomic E-state index is 12.7. The molecule has 1 saturated heterocycles. The second-order valence-corrected chi connectivity index (χ2v) is 12.7. The fourth-order valence-electron chi connectivity index (χ4n) is 3.11. The maximum atomic E-state index is 12.7. The highest BCUT2D eigenvalue weighted by atomic mass is 28.3. The van der Waals surface area contributed by atoms with E-state index in [1.165, 1.54) is 5.69 Å². The lowest BCUT2D eigenvalue weighted by molar-refractivity contribution is -0.133. The third kappa shape index (κ3) is 4.42. The second-order valence-electron chi connectivity index (χ2n) is 7.95. The van der Waals surface area contributed by atoms with E-state index in [4.69, 9.17) is 0 Å². The van der Waals surface area contributed by atoms with Crippen LogP contribution in [0, 0.1) is 17.4 Å². The van der Waals surface area contributed by atoms with Gasteiger partial charge in [0.1, 0.15) is 8.07 Å². The fourth-order valence-corrected chi connectivity index (χ4v) is 3.71. The van der Waals surface area contributed by atoms with Crippen molar-refractivity contribution >= 4 is 19.7 Å². The van der Waals surface area contributed by atoms with E-state index in [0.29, 0.717) is 5.91 Å². The molecule has 0 N–H and O–H groups in total. The van der Waals surface area contributed by atoms with Gasteiger partial charge in [-0.2, -0.15) is 0 Å². The molecule has 0 aromatic heterocycles. The normalized spacial score (nSPS) is 21.7. The third-order valence-electron chi connectivity index (χ3n) is 4.60. The van der Waals surface area contributed by atoms with Crippen molar-refractivity contribution in [3.05, 3.63) is 30.3 Å². The average Bonchev–Trinajstić information content (AvgIpc) is 3.39. The van der Waals surface area contributed by atoms with Crippen molar-refractivity contribution in [2.24, 2.45) is 5.92 Å². The van der Waals surface area contributed by atoms with Gasteiger partial charge in [0.05, 0.1) is 6.04 Å². The summed E-state index contributed by atoms with van der Waals surface area (Å²) in [5, 5.41) is 0. The van der Waals surface area contributed by atoms with E-state index in [1.54, 1.807) is 0 Å². The molecule has 0 spiro atoms. The summed E-state index contributed by atoms with van der Waals surface area (Å²) in [6.45, 7) is 9.44. The number of carbonyl (C=O) groups is 1. The Balaban J connectivity index is 1.79. The number of hydrogen-bond donors (Lipinski definition) is 0. The largest absolute Gasteiger partial charge is 0.370 e. The molecule has 1 unspecified atom stereocenters. The molecule has 1 heterocycles. The van der Waals surface area contributed by atoms with E-state index in [0.717, 1.165) is 38.9 Å². The van der Waals surface area contributed by atoms with Crippen LogP contribution in [0.3, 0.4) is 0 Å². The van der Waals surface area contributed by atoms with Gasteiger partial charge in [0.2, 0.25) is 5.91 Å². The van der Waals surface area contributed by atoms with Crippen molar-refractivity contribution in [3.63, 3.8) is 0 Å². The molecular formula is C20H28N2OSi. The summed E-state index contributed by atoms with van der Waals surface area (Å²) in [4.78, 5) is 17.2. The standard InChI is InChI=1S/C20H28N2OSi/c1-24(2,3)16-12-19-11-13-21(18-7-5-4-6-8-18)14-15-22(19)20(23)17-9-10-17/h4-8,17,19H,9-11,13-15H2,1-3H3. The van der Waals surface area contributed by atoms with Gasteiger partial charge >= 0.3 is 0 Å². The zero-order valence-electron chi connectivity index (χ0n) is 15.1. The van der Waals surface area contributed by atoms with E-state index in [9.17, 15) is 4.79 Å². The van der Waals surface area contributed by atoms with Crippen LogP contribution < -0.4 is 4.90 Å². The van der Waals surface area contributed by atoms with Crippen molar-refractivity contribution in [1.82, 2.24) is 4.90 Å². The molecule has 3 nitrogen and oxygen atoms in total. The Bertz CT molecular complexity index is 637. The molecule has 2 aliphatic rings. The highest BCUT2D eigenvalue weighted by Gasteiger charge is 2.37. The monoisotopic (exact) mass is 340 g/mol. The van der Waals surface area contributed by atoms with Crippen LogP contribution in [0.15, 0.2) is 30.3 Å². The summed E-state index contributed by atoms with van der Waals surface area (Å²) in [5.41, 5.74) is 4.74. The molecule has 2 fully saturated rings. The van der Waals surface area contributed by atoms with Crippen LogP contribution in [0.2, 0.25) is 19.6 Å². The van der Waals surface area contributed by atoms with Gasteiger partial charge in [0, 0.05) is 31.2 Å². The fraction of sp³-hybridized carbons (Fsp3) is 0.550. The summed E-state index contributed by atoms with van der Waals surface area (Å²) < 4.78 is 0. The molecule has 1 aliphatic carbocycles. The Morgan fingerprint density at radius 3 is 2.38 bits per heavy atom. The first-order chi connectivity index (χ1) is 11.4. The van der Waals surface area contributed by atoms with E-state index in [1.807, 2.05) is 6.07 Å².